The second kappa shape index (κ2) is 6.01. The van der Waals surface area contributed by atoms with Gasteiger partial charge < -0.3 is 5.73 Å². The maximum Gasteiger partial charge on any atom is 0.0253 e. The highest BCUT2D eigenvalue weighted by atomic mass is 15.5. The van der Waals surface area contributed by atoms with E-state index < -0.39 is 0 Å². The number of hydrogen-bond acceptors (Lipinski definition) is 3. The van der Waals surface area contributed by atoms with E-state index in [2.05, 4.69) is 24.3 Å². The van der Waals surface area contributed by atoms with Crippen LogP contribution in [0.1, 0.15) is 13.8 Å². The van der Waals surface area contributed by atoms with Crippen LogP contribution in [0.3, 0.4) is 0 Å². The van der Waals surface area contributed by atoms with Gasteiger partial charge in [0.15, 0.2) is 0 Å². The van der Waals surface area contributed by atoms with E-state index in [-0.39, 0.29) is 0 Å². The molecular formula is C6H17N3. The Morgan fingerprint density at radius 1 is 1.44 bits per heavy atom. The summed E-state index contributed by atoms with van der Waals surface area (Å²) in [5.74, 6) is 0. The Hall–Kier alpha value is -0.120. The van der Waals surface area contributed by atoms with Gasteiger partial charge in [-0.25, -0.2) is 5.01 Å². The third-order valence-electron chi connectivity index (χ3n) is 1.16. The number of hydrogen-bond donors (Lipinski definition) is 2. The molecule has 9 heavy (non-hydrogen) atoms. The Bertz CT molecular complexity index is 50.3. The van der Waals surface area contributed by atoms with Crippen molar-refractivity contribution in [3.8, 4) is 0 Å². The normalized spacial score (nSPS) is 10.7. The number of hydrazine groups is 1. The van der Waals surface area contributed by atoms with Crippen molar-refractivity contribution in [3.05, 3.63) is 0 Å². The van der Waals surface area contributed by atoms with Crippen molar-refractivity contribution in [2.24, 2.45) is 5.73 Å². The molecule has 56 valence electrons. The predicted molar refractivity (Wildman–Crippen MR) is 40.0 cm³/mol. The standard InChI is InChI=1S/C6H17N3/c1-3-8-9(4-2)6-5-7/h8H,3-7H2,1-2H3. The fourth-order valence-corrected chi connectivity index (χ4v) is 0.728. The van der Waals surface area contributed by atoms with Crippen molar-refractivity contribution in [2.45, 2.75) is 13.8 Å². The van der Waals surface area contributed by atoms with E-state index in [1.54, 1.807) is 0 Å². The number of nitrogens with zero attached hydrogens (tertiary/aromatic N) is 1. The first-order valence-electron chi connectivity index (χ1n) is 3.53. The molecule has 3 nitrogen and oxygen atoms in total. The van der Waals surface area contributed by atoms with Gasteiger partial charge in [0.25, 0.3) is 0 Å². The molecule has 0 spiro atoms. The molecule has 0 aliphatic rings. The summed E-state index contributed by atoms with van der Waals surface area (Å²) in [4.78, 5) is 0. The van der Waals surface area contributed by atoms with Gasteiger partial charge in [0.2, 0.25) is 0 Å². The zero-order chi connectivity index (χ0) is 7.11. The first kappa shape index (κ1) is 8.88. The van der Waals surface area contributed by atoms with Crippen molar-refractivity contribution in [1.29, 1.82) is 0 Å². The maximum atomic E-state index is 5.35. The van der Waals surface area contributed by atoms with Gasteiger partial charge in [-0.05, 0) is 0 Å². The van der Waals surface area contributed by atoms with Crippen molar-refractivity contribution in [2.75, 3.05) is 26.2 Å². The van der Waals surface area contributed by atoms with Crippen LogP contribution in [0.4, 0.5) is 0 Å². The molecule has 0 aliphatic heterocycles. The maximum absolute atomic E-state index is 5.35. The minimum Gasteiger partial charge on any atom is -0.329 e. The number of likely N-dealkylation sites (N-methyl/N-ethyl adjacent to an activating group) is 1. The van der Waals surface area contributed by atoms with Crippen LogP contribution >= 0.6 is 0 Å². The highest BCUT2D eigenvalue weighted by molar-refractivity contribution is 4.47. The molecule has 0 saturated carbocycles. The van der Waals surface area contributed by atoms with Gasteiger partial charge in [-0.1, -0.05) is 13.8 Å². The predicted octanol–water partition coefficient (Wildman–Crippen LogP) is -0.208. The summed E-state index contributed by atoms with van der Waals surface area (Å²) >= 11 is 0. The van der Waals surface area contributed by atoms with Gasteiger partial charge >= 0.3 is 0 Å². The summed E-state index contributed by atoms with van der Waals surface area (Å²) in [5.41, 5.74) is 8.54. The van der Waals surface area contributed by atoms with Crippen molar-refractivity contribution >= 4 is 0 Å². The quantitative estimate of drug-likeness (QED) is 0.507. The lowest BCUT2D eigenvalue weighted by Crippen LogP contribution is -2.40. The molecule has 0 bridgehead atoms. The van der Waals surface area contributed by atoms with E-state index in [4.69, 9.17) is 5.73 Å². The molecule has 0 saturated heterocycles. The number of rotatable bonds is 5. The molecule has 0 aromatic rings. The van der Waals surface area contributed by atoms with Crippen LogP contribution in [-0.2, 0) is 0 Å². The Balaban J connectivity index is 3.18. The molecule has 3 N–H and O–H groups in total. The number of nitrogens with two attached hydrogens (primary N) is 1. The van der Waals surface area contributed by atoms with Crippen LogP contribution in [0.5, 0.6) is 0 Å². The minimum atomic E-state index is 0.723. The average molecular weight is 131 g/mol. The lowest BCUT2D eigenvalue weighted by Gasteiger charge is -2.18. The molecule has 0 radical (unpaired) electrons. The van der Waals surface area contributed by atoms with Crippen LogP contribution in [-0.4, -0.2) is 31.2 Å². The highest BCUT2D eigenvalue weighted by Gasteiger charge is 1.94. The van der Waals surface area contributed by atoms with Crippen LogP contribution in [0.25, 0.3) is 0 Å². The van der Waals surface area contributed by atoms with Crippen LogP contribution in [0, 0.1) is 0 Å². The first-order chi connectivity index (χ1) is 4.35. The zero-order valence-electron chi connectivity index (χ0n) is 6.35. The highest BCUT2D eigenvalue weighted by Crippen LogP contribution is 1.76. The van der Waals surface area contributed by atoms with Crippen molar-refractivity contribution in [1.82, 2.24) is 10.4 Å². The topological polar surface area (TPSA) is 41.3 Å². The van der Waals surface area contributed by atoms with Crippen LogP contribution < -0.4 is 11.2 Å². The van der Waals surface area contributed by atoms with Gasteiger partial charge in [-0.3, -0.25) is 5.43 Å². The first-order valence-corrected chi connectivity index (χ1v) is 3.53. The molecule has 0 aromatic carbocycles. The van der Waals surface area contributed by atoms with Gasteiger partial charge in [-0.2, -0.15) is 0 Å². The number of nitrogens with one attached hydrogen (secondary N) is 1. The van der Waals surface area contributed by atoms with Gasteiger partial charge in [0, 0.05) is 26.2 Å². The van der Waals surface area contributed by atoms with Gasteiger partial charge in [0.05, 0.1) is 0 Å². The fourth-order valence-electron chi connectivity index (χ4n) is 0.728. The van der Waals surface area contributed by atoms with Crippen LogP contribution in [0.2, 0.25) is 0 Å². The van der Waals surface area contributed by atoms with E-state index in [1.165, 1.54) is 0 Å². The Labute approximate surface area is 57.2 Å². The third kappa shape index (κ3) is 4.39. The molecule has 0 amide bonds. The fraction of sp³-hybridized carbons (Fsp3) is 1.00. The van der Waals surface area contributed by atoms with Crippen molar-refractivity contribution in [3.63, 3.8) is 0 Å². The minimum absolute atomic E-state index is 0.723. The average Bonchev–Trinajstić information content (AvgIpc) is 1.88. The summed E-state index contributed by atoms with van der Waals surface area (Å²) in [7, 11) is 0. The summed E-state index contributed by atoms with van der Waals surface area (Å²) in [6, 6.07) is 0. The summed E-state index contributed by atoms with van der Waals surface area (Å²) in [6.45, 7) is 7.85. The largest absolute Gasteiger partial charge is 0.329 e. The molecular weight excluding hydrogens is 114 g/mol. The Morgan fingerprint density at radius 3 is 2.44 bits per heavy atom. The van der Waals surface area contributed by atoms with E-state index in [1.807, 2.05) is 0 Å². The Morgan fingerprint density at radius 2 is 2.11 bits per heavy atom. The second-order valence-corrected chi connectivity index (χ2v) is 1.88. The van der Waals surface area contributed by atoms with E-state index in [0.29, 0.717) is 0 Å². The zero-order valence-corrected chi connectivity index (χ0v) is 6.35. The monoisotopic (exact) mass is 131 g/mol. The molecule has 0 rings (SSSR count). The Kier molecular flexibility index (Phi) is 5.93. The molecule has 0 unspecified atom stereocenters. The summed E-state index contributed by atoms with van der Waals surface area (Å²) in [5, 5.41) is 2.11. The molecule has 0 atom stereocenters. The molecule has 0 fully saturated rings. The molecule has 0 heterocycles. The molecule has 3 heteroatoms. The lowest BCUT2D eigenvalue weighted by atomic mass is 10.6. The third-order valence-corrected chi connectivity index (χ3v) is 1.16. The van der Waals surface area contributed by atoms with Gasteiger partial charge in [0.1, 0.15) is 0 Å². The van der Waals surface area contributed by atoms with Crippen molar-refractivity contribution < 1.29 is 0 Å². The van der Waals surface area contributed by atoms with Crippen LogP contribution in [0.15, 0.2) is 0 Å². The summed E-state index contributed by atoms with van der Waals surface area (Å²) in [6.07, 6.45) is 0. The summed E-state index contributed by atoms with van der Waals surface area (Å²) < 4.78 is 0. The van der Waals surface area contributed by atoms with Gasteiger partial charge in [-0.15, -0.1) is 0 Å². The van der Waals surface area contributed by atoms with E-state index >= 15 is 0 Å². The second-order valence-electron chi connectivity index (χ2n) is 1.88. The molecule has 0 aliphatic carbocycles. The smallest absolute Gasteiger partial charge is 0.0253 e. The molecule has 0 aromatic heterocycles. The van der Waals surface area contributed by atoms with E-state index in [9.17, 15) is 0 Å². The lowest BCUT2D eigenvalue weighted by molar-refractivity contribution is 0.209. The SMILES string of the molecule is CCNN(CC)CCN. The van der Waals surface area contributed by atoms with E-state index in [0.717, 1.165) is 26.2 Å².